The molecule has 2 aromatic heterocycles. The first-order valence-electron chi connectivity index (χ1n) is 7.08. The minimum Gasteiger partial charge on any atom is -0.383 e. The molecule has 0 aromatic carbocycles. The summed E-state index contributed by atoms with van der Waals surface area (Å²) in [6, 6.07) is 0. The molecular formula is C14H22N4O2S. The van der Waals surface area contributed by atoms with Gasteiger partial charge in [-0.15, -0.1) is 0 Å². The van der Waals surface area contributed by atoms with Crippen LogP contribution in [0.1, 0.15) is 42.2 Å². The van der Waals surface area contributed by atoms with Gasteiger partial charge in [-0.2, -0.15) is 4.98 Å². The Balaban J connectivity index is 2.16. The maximum absolute atomic E-state index is 5.30. The fourth-order valence-corrected chi connectivity index (χ4v) is 3.00. The van der Waals surface area contributed by atoms with Crippen molar-refractivity contribution in [2.45, 2.75) is 51.1 Å². The van der Waals surface area contributed by atoms with E-state index in [0.29, 0.717) is 12.5 Å². The lowest BCUT2D eigenvalue weighted by Crippen LogP contribution is -2.08. The van der Waals surface area contributed by atoms with E-state index in [2.05, 4.69) is 33.5 Å². The molecule has 0 radical (unpaired) electrons. The number of hydrogen-bond acceptors (Lipinski definition) is 6. The molecule has 0 aliphatic rings. The van der Waals surface area contributed by atoms with E-state index in [4.69, 9.17) is 9.26 Å². The van der Waals surface area contributed by atoms with Crippen molar-refractivity contribution in [3.05, 3.63) is 23.1 Å². The molecule has 0 aliphatic carbocycles. The Labute approximate surface area is 129 Å². The maximum Gasteiger partial charge on any atom is 0.239 e. The van der Waals surface area contributed by atoms with Gasteiger partial charge >= 0.3 is 0 Å². The quantitative estimate of drug-likeness (QED) is 0.733. The van der Waals surface area contributed by atoms with Crippen LogP contribution >= 0.6 is 11.8 Å². The van der Waals surface area contributed by atoms with Gasteiger partial charge in [-0.3, -0.25) is 0 Å². The smallest absolute Gasteiger partial charge is 0.239 e. The van der Waals surface area contributed by atoms with Crippen LogP contribution in [0.2, 0.25) is 0 Å². The lowest BCUT2D eigenvalue weighted by atomic mass is 10.4. The number of rotatable bonds is 7. The largest absolute Gasteiger partial charge is 0.383 e. The molecule has 0 saturated heterocycles. The monoisotopic (exact) mass is 310 g/mol. The summed E-state index contributed by atoms with van der Waals surface area (Å²) in [5.41, 5.74) is 2.21. The van der Waals surface area contributed by atoms with E-state index in [-0.39, 0.29) is 5.25 Å². The standard InChI is InChI=1S/C14H22N4O2S/c1-6-12-16-13(20-17-12)11(4)21-14-15-9(2)10(3)18(14)7-8-19-5/h11H,6-8H2,1-5H3. The predicted molar refractivity (Wildman–Crippen MR) is 81.5 cm³/mol. The van der Waals surface area contributed by atoms with E-state index in [1.165, 1.54) is 5.69 Å². The van der Waals surface area contributed by atoms with Crippen LogP contribution in [0, 0.1) is 13.8 Å². The second-order valence-corrected chi connectivity index (χ2v) is 6.18. The molecule has 7 heteroatoms. The van der Waals surface area contributed by atoms with Gasteiger partial charge in [0.25, 0.3) is 0 Å². The van der Waals surface area contributed by atoms with Crippen LogP contribution in [-0.2, 0) is 17.7 Å². The van der Waals surface area contributed by atoms with Crippen molar-refractivity contribution in [2.24, 2.45) is 0 Å². The third kappa shape index (κ3) is 3.65. The van der Waals surface area contributed by atoms with Crippen LogP contribution < -0.4 is 0 Å². The summed E-state index contributed by atoms with van der Waals surface area (Å²) < 4.78 is 12.7. The second kappa shape index (κ2) is 7.09. The SMILES string of the molecule is CCc1noc(C(C)Sc2nc(C)c(C)n2CCOC)n1. The van der Waals surface area contributed by atoms with E-state index in [0.717, 1.165) is 29.6 Å². The molecule has 6 nitrogen and oxygen atoms in total. The van der Waals surface area contributed by atoms with E-state index in [1.807, 2.05) is 13.8 Å². The normalized spacial score (nSPS) is 12.8. The molecule has 2 heterocycles. The van der Waals surface area contributed by atoms with E-state index >= 15 is 0 Å². The number of imidazole rings is 1. The maximum atomic E-state index is 5.30. The molecule has 2 rings (SSSR count). The second-order valence-electron chi connectivity index (χ2n) is 4.87. The number of aryl methyl sites for hydroxylation is 2. The Bertz CT molecular complexity index is 594. The summed E-state index contributed by atoms with van der Waals surface area (Å²) in [4.78, 5) is 9.02. The topological polar surface area (TPSA) is 66.0 Å². The highest BCUT2D eigenvalue weighted by atomic mass is 32.2. The van der Waals surface area contributed by atoms with Crippen molar-refractivity contribution in [3.63, 3.8) is 0 Å². The first-order chi connectivity index (χ1) is 10.1. The Morgan fingerprint density at radius 2 is 2.10 bits per heavy atom. The molecule has 0 bridgehead atoms. The van der Waals surface area contributed by atoms with Crippen LogP contribution in [0.4, 0.5) is 0 Å². The van der Waals surface area contributed by atoms with Gasteiger partial charge in [0, 0.05) is 25.8 Å². The van der Waals surface area contributed by atoms with Gasteiger partial charge in [-0.05, 0) is 20.8 Å². The van der Waals surface area contributed by atoms with Gasteiger partial charge in [0.1, 0.15) is 0 Å². The molecule has 0 aliphatic heterocycles. The zero-order valence-corrected chi connectivity index (χ0v) is 14.0. The average Bonchev–Trinajstić information content (AvgIpc) is 3.04. The number of nitrogens with zero attached hydrogens (tertiary/aromatic N) is 4. The fourth-order valence-electron chi connectivity index (χ4n) is 1.94. The number of hydrogen-bond donors (Lipinski definition) is 0. The zero-order valence-electron chi connectivity index (χ0n) is 13.2. The number of thioether (sulfide) groups is 1. The molecule has 0 saturated carbocycles. The number of methoxy groups -OCH3 is 1. The first kappa shape index (κ1) is 16.0. The lowest BCUT2D eigenvalue weighted by molar-refractivity contribution is 0.184. The predicted octanol–water partition coefficient (Wildman–Crippen LogP) is 2.95. The van der Waals surface area contributed by atoms with Crippen molar-refractivity contribution in [1.29, 1.82) is 0 Å². The summed E-state index contributed by atoms with van der Waals surface area (Å²) in [5, 5.41) is 4.98. The summed E-state index contributed by atoms with van der Waals surface area (Å²) in [7, 11) is 1.71. The molecule has 2 aromatic rings. The molecule has 0 N–H and O–H groups in total. The van der Waals surface area contributed by atoms with Gasteiger partial charge in [-0.1, -0.05) is 23.8 Å². The summed E-state index contributed by atoms with van der Waals surface area (Å²) in [6.07, 6.45) is 0.779. The van der Waals surface area contributed by atoms with Crippen LogP contribution in [-0.4, -0.2) is 33.4 Å². The summed E-state index contributed by atoms with van der Waals surface area (Å²) in [6.45, 7) is 9.62. The number of ether oxygens (including phenoxy) is 1. The van der Waals surface area contributed by atoms with Gasteiger partial charge in [0.2, 0.25) is 5.89 Å². The van der Waals surface area contributed by atoms with Gasteiger partial charge in [-0.25, -0.2) is 4.98 Å². The fraction of sp³-hybridized carbons (Fsp3) is 0.643. The minimum atomic E-state index is 0.0697. The minimum absolute atomic E-state index is 0.0697. The van der Waals surface area contributed by atoms with Crippen molar-refractivity contribution in [2.75, 3.05) is 13.7 Å². The average molecular weight is 310 g/mol. The van der Waals surface area contributed by atoms with E-state index in [1.54, 1.807) is 18.9 Å². The molecule has 0 fully saturated rings. The molecule has 21 heavy (non-hydrogen) atoms. The van der Waals surface area contributed by atoms with E-state index in [9.17, 15) is 0 Å². The van der Waals surface area contributed by atoms with Crippen molar-refractivity contribution >= 4 is 11.8 Å². The first-order valence-corrected chi connectivity index (χ1v) is 7.96. The third-order valence-electron chi connectivity index (χ3n) is 3.37. The Morgan fingerprint density at radius 3 is 2.71 bits per heavy atom. The molecule has 1 atom stereocenters. The zero-order chi connectivity index (χ0) is 15.4. The molecular weight excluding hydrogens is 288 g/mol. The Morgan fingerprint density at radius 1 is 1.33 bits per heavy atom. The van der Waals surface area contributed by atoms with Crippen LogP contribution in [0.15, 0.2) is 9.68 Å². The summed E-state index contributed by atoms with van der Waals surface area (Å²) >= 11 is 1.63. The molecule has 0 amide bonds. The summed E-state index contributed by atoms with van der Waals surface area (Å²) in [5.74, 6) is 1.39. The van der Waals surface area contributed by atoms with Gasteiger partial charge < -0.3 is 13.8 Å². The third-order valence-corrected chi connectivity index (χ3v) is 4.45. The Kier molecular flexibility index (Phi) is 5.41. The van der Waals surface area contributed by atoms with Crippen LogP contribution in [0.5, 0.6) is 0 Å². The number of aromatic nitrogens is 4. The highest BCUT2D eigenvalue weighted by Crippen LogP contribution is 2.34. The van der Waals surface area contributed by atoms with Crippen LogP contribution in [0.3, 0.4) is 0 Å². The molecule has 0 spiro atoms. The lowest BCUT2D eigenvalue weighted by Gasteiger charge is -2.11. The van der Waals surface area contributed by atoms with Crippen molar-refractivity contribution in [3.8, 4) is 0 Å². The van der Waals surface area contributed by atoms with Gasteiger partial charge in [0.15, 0.2) is 11.0 Å². The molecule has 116 valence electrons. The van der Waals surface area contributed by atoms with E-state index < -0.39 is 0 Å². The van der Waals surface area contributed by atoms with Crippen molar-refractivity contribution < 1.29 is 9.26 Å². The highest BCUT2D eigenvalue weighted by Gasteiger charge is 2.19. The highest BCUT2D eigenvalue weighted by molar-refractivity contribution is 7.99. The van der Waals surface area contributed by atoms with Crippen LogP contribution in [0.25, 0.3) is 0 Å². The van der Waals surface area contributed by atoms with Crippen molar-refractivity contribution in [1.82, 2.24) is 19.7 Å². The Hall–Kier alpha value is -1.34. The van der Waals surface area contributed by atoms with Gasteiger partial charge in [0.05, 0.1) is 17.6 Å². The molecule has 1 unspecified atom stereocenters.